The van der Waals surface area contributed by atoms with E-state index in [1.54, 1.807) is 6.20 Å². The molecule has 0 amide bonds. The maximum Gasteiger partial charge on any atom is 0.314 e. The van der Waals surface area contributed by atoms with E-state index in [1.165, 1.54) is 16.8 Å². The second-order valence-corrected chi connectivity index (χ2v) is 6.60. The standard InChI is InChI=1S/C20H13F3N6O/c21-15-8-11(19-26-27-20(30-19)18(22)23)4-5-12(15)9-29-10-17(25-28-29)13-2-1-3-16-14(13)6-7-24-16/h1-8,10,18,24H,9H2. The molecular formula is C20H13F3N6O. The van der Waals surface area contributed by atoms with Crippen LogP contribution in [0.5, 0.6) is 0 Å². The Hall–Kier alpha value is -3.95. The first kappa shape index (κ1) is 18.1. The van der Waals surface area contributed by atoms with Crippen LogP contribution < -0.4 is 0 Å². The summed E-state index contributed by atoms with van der Waals surface area (Å²) < 4.78 is 46.1. The average molecular weight is 410 g/mol. The summed E-state index contributed by atoms with van der Waals surface area (Å²) in [7, 11) is 0. The molecular weight excluding hydrogens is 397 g/mol. The van der Waals surface area contributed by atoms with Gasteiger partial charge in [-0.25, -0.2) is 9.07 Å². The zero-order valence-electron chi connectivity index (χ0n) is 15.3. The lowest BCUT2D eigenvalue weighted by atomic mass is 10.1. The second kappa shape index (κ2) is 7.14. The Bertz CT molecular complexity index is 1340. The Kier molecular flexibility index (Phi) is 4.31. The molecule has 10 heteroatoms. The van der Waals surface area contributed by atoms with Crippen molar-refractivity contribution >= 4 is 10.9 Å². The molecule has 0 fully saturated rings. The number of nitrogens with one attached hydrogen (secondary N) is 1. The van der Waals surface area contributed by atoms with Gasteiger partial charge in [-0.2, -0.15) is 8.78 Å². The van der Waals surface area contributed by atoms with Crippen LogP contribution in [0.3, 0.4) is 0 Å². The van der Waals surface area contributed by atoms with Crippen molar-refractivity contribution in [1.82, 2.24) is 30.2 Å². The number of rotatable bonds is 5. The molecule has 5 aromatic rings. The number of benzene rings is 2. The van der Waals surface area contributed by atoms with Crippen molar-refractivity contribution in [2.24, 2.45) is 0 Å². The van der Waals surface area contributed by atoms with Crippen molar-refractivity contribution in [3.8, 4) is 22.7 Å². The first-order valence-corrected chi connectivity index (χ1v) is 8.95. The number of alkyl halides is 2. The number of hydrogen-bond donors (Lipinski definition) is 1. The Morgan fingerprint density at radius 2 is 1.97 bits per heavy atom. The monoisotopic (exact) mass is 410 g/mol. The van der Waals surface area contributed by atoms with E-state index in [2.05, 4.69) is 25.5 Å². The molecule has 7 nitrogen and oxygen atoms in total. The summed E-state index contributed by atoms with van der Waals surface area (Å²) in [6, 6.07) is 12.0. The van der Waals surface area contributed by atoms with Crippen molar-refractivity contribution in [1.29, 1.82) is 0 Å². The molecule has 0 aliphatic carbocycles. The summed E-state index contributed by atoms with van der Waals surface area (Å²) in [4.78, 5) is 3.15. The van der Waals surface area contributed by atoms with Crippen LogP contribution >= 0.6 is 0 Å². The first-order valence-electron chi connectivity index (χ1n) is 8.95. The van der Waals surface area contributed by atoms with E-state index in [4.69, 9.17) is 4.42 Å². The van der Waals surface area contributed by atoms with Gasteiger partial charge in [0.15, 0.2) is 0 Å². The molecule has 1 N–H and O–H groups in total. The molecule has 3 heterocycles. The Labute approximate surface area is 167 Å². The molecule has 0 saturated heterocycles. The Balaban J connectivity index is 1.39. The summed E-state index contributed by atoms with van der Waals surface area (Å²) in [5, 5.41) is 16.1. The molecule has 0 bridgehead atoms. The van der Waals surface area contributed by atoms with E-state index >= 15 is 0 Å². The molecule has 2 aromatic carbocycles. The molecule has 0 aliphatic heterocycles. The summed E-state index contributed by atoms with van der Waals surface area (Å²) in [6.07, 6.45) is 0.708. The molecule has 30 heavy (non-hydrogen) atoms. The third-order valence-electron chi connectivity index (χ3n) is 4.67. The third kappa shape index (κ3) is 3.21. The maximum absolute atomic E-state index is 14.6. The number of halogens is 3. The highest BCUT2D eigenvalue weighted by Gasteiger charge is 2.18. The fourth-order valence-corrected chi connectivity index (χ4v) is 3.23. The molecule has 0 aliphatic rings. The van der Waals surface area contributed by atoms with Crippen molar-refractivity contribution in [3.63, 3.8) is 0 Å². The highest BCUT2D eigenvalue weighted by Crippen LogP contribution is 2.27. The zero-order valence-corrected chi connectivity index (χ0v) is 15.3. The lowest BCUT2D eigenvalue weighted by molar-refractivity contribution is 0.116. The summed E-state index contributed by atoms with van der Waals surface area (Å²) >= 11 is 0. The molecule has 5 rings (SSSR count). The molecule has 0 atom stereocenters. The number of H-pyrrole nitrogens is 1. The van der Waals surface area contributed by atoms with Crippen LogP contribution in [0.4, 0.5) is 13.2 Å². The van der Waals surface area contributed by atoms with Gasteiger partial charge in [-0.3, -0.25) is 0 Å². The second-order valence-electron chi connectivity index (χ2n) is 6.60. The van der Waals surface area contributed by atoms with Gasteiger partial charge in [-0.05, 0) is 24.3 Å². The van der Waals surface area contributed by atoms with Gasteiger partial charge in [0, 0.05) is 33.8 Å². The van der Waals surface area contributed by atoms with Gasteiger partial charge >= 0.3 is 6.43 Å². The van der Waals surface area contributed by atoms with Gasteiger partial charge in [-0.15, -0.1) is 15.3 Å². The van der Waals surface area contributed by atoms with Crippen LogP contribution in [0.25, 0.3) is 33.6 Å². The molecule has 150 valence electrons. The summed E-state index contributed by atoms with van der Waals surface area (Å²) in [6.45, 7) is 0.147. The minimum absolute atomic E-state index is 0.147. The highest BCUT2D eigenvalue weighted by molar-refractivity contribution is 5.93. The van der Waals surface area contributed by atoms with Crippen molar-refractivity contribution in [3.05, 3.63) is 72.1 Å². The van der Waals surface area contributed by atoms with E-state index in [-0.39, 0.29) is 18.0 Å². The van der Waals surface area contributed by atoms with Crippen LogP contribution in [0.1, 0.15) is 17.9 Å². The van der Waals surface area contributed by atoms with E-state index in [0.717, 1.165) is 22.5 Å². The number of aromatic nitrogens is 6. The largest absolute Gasteiger partial charge is 0.415 e. The smallest absolute Gasteiger partial charge is 0.314 e. The predicted octanol–water partition coefficient (Wildman–Crippen LogP) is 4.60. The van der Waals surface area contributed by atoms with Gasteiger partial charge in [0.05, 0.1) is 12.7 Å². The molecule has 0 saturated carbocycles. The van der Waals surface area contributed by atoms with Gasteiger partial charge in [0.25, 0.3) is 5.89 Å². The minimum Gasteiger partial charge on any atom is -0.415 e. The lowest BCUT2D eigenvalue weighted by Gasteiger charge is -2.04. The topological polar surface area (TPSA) is 85.4 Å². The molecule has 0 spiro atoms. The quantitative estimate of drug-likeness (QED) is 0.458. The van der Waals surface area contributed by atoms with Crippen molar-refractivity contribution < 1.29 is 17.6 Å². The fraction of sp³-hybridized carbons (Fsp3) is 0.100. The van der Waals surface area contributed by atoms with Crippen molar-refractivity contribution in [2.75, 3.05) is 0 Å². The van der Waals surface area contributed by atoms with E-state index in [9.17, 15) is 13.2 Å². The molecule has 0 radical (unpaired) electrons. The van der Waals surface area contributed by atoms with Crippen LogP contribution in [-0.2, 0) is 6.54 Å². The zero-order chi connectivity index (χ0) is 20.7. The Morgan fingerprint density at radius 3 is 2.77 bits per heavy atom. The van der Waals surface area contributed by atoms with E-state index in [1.807, 2.05) is 30.5 Å². The Morgan fingerprint density at radius 1 is 1.07 bits per heavy atom. The van der Waals surface area contributed by atoms with Crippen LogP contribution in [0.2, 0.25) is 0 Å². The van der Waals surface area contributed by atoms with E-state index < -0.39 is 18.1 Å². The minimum atomic E-state index is -2.88. The summed E-state index contributed by atoms with van der Waals surface area (Å²) in [5.41, 5.74) is 3.14. The normalized spacial score (nSPS) is 11.6. The van der Waals surface area contributed by atoms with Gasteiger partial charge in [0.2, 0.25) is 5.89 Å². The molecule has 3 aromatic heterocycles. The predicted molar refractivity (Wildman–Crippen MR) is 101 cm³/mol. The van der Waals surface area contributed by atoms with E-state index in [0.29, 0.717) is 11.3 Å². The van der Waals surface area contributed by atoms with Gasteiger partial charge in [-0.1, -0.05) is 23.4 Å². The maximum atomic E-state index is 14.6. The number of fused-ring (bicyclic) bond motifs is 1. The van der Waals surface area contributed by atoms with Crippen LogP contribution in [0.15, 0.2) is 59.3 Å². The first-order chi connectivity index (χ1) is 14.6. The van der Waals surface area contributed by atoms with Crippen LogP contribution in [0, 0.1) is 5.82 Å². The van der Waals surface area contributed by atoms with Gasteiger partial charge < -0.3 is 9.40 Å². The molecule has 0 unspecified atom stereocenters. The lowest BCUT2D eigenvalue weighted by Crippen LogP contribution is -2.03. The number of hydrogen-bond acceptors (Lipinski definition) is 5. The SMILES string of the molecule is Fc1cc(-c2nnc(C(F)F)o2)ccc1Cn1cc(-c2cccc3[nH]ccc23)nn1. The van der Waals surface area contributed by atoms with Gasteiger partial charge in [0.1, 0.15) is 11.5 Å². The van der Waals surface area contributed by atoms with Crippen LogP contribution in [-0.4, -0.2) is 30.2 Å². The number of aromatic amines is 1. The highest BCUT2D eigenvalue weighted by atomic mass is 19.3. The third-order valence-corrected chi connectivity index (χ3v) is 4.67. The fourth-order valence-electron chi connectivity index (χ4n) is 3.23. The summed E-state index contributed by atoms with van der Waals surface area (Å²) in [5.74, 6) is -1.52. The average Bonchev–Trinajstić information content (AvgIpc) is 3.49. The van der Waals surface area contributed by atoms with Crippen molar-refractivity contribution in [2.45, 2.75) is 13.0 Å². The number of nitrogens with zero attached hydrogens (tertiary/aromatic N) is 5.